The monoisotopic (exact) mass is 560 g/mol. The molecule has 0 radical (unpaired) electrons. The SMILES string of the molecule is CN1CCN(S(=O)(=O)c2ccc(NC(=O)CN(Cc3ccc(F)cc3)S(=O)(=O)c3ccccc3)cc2)CC1. The van der Waals surface area contributed by atoms with E-state index in [4.69, 9.17) is 0 Å². The lowest BCUT2D eigenvalue weighted by Gasteiger charge is -2.31. The first-order valence-corrected chi connectivity index (χ1v) is 14.8. The van der Waals surface area contributed by atoms with Gasteiger partial charge in [-0.2, -0.15) is 8.61 Å². The summed E-state index contributed by atoms with van der Waals surface area (Å²) in [6, 6.07) is 18.9. The van der Waals surface area contributed by atoms with Crippen LogP contribution in [0.1, 0.15) is 5.56 Å². The molecule has 1 saturated heterocycles. The number of carbonyl (C=O) groups is 1. The van der Waals surface area contributed by atoms with Crippen molar-refractivity contribution < 1.29 is 26.0 Å². The van der Waals surface area contributed by atoms with E-state index >= 15 is 0 Å². The zero-order chi connectivity index (χ0) is 27.3. The maximum absolute atomic E-state index is 13.4. The molecule has 0 aromatic heterocycles. The molecule has 1 fully saturated rings. The molecule has 3 aromatic carbocycles. The Morgan fingerprint density at radius 2 is 1.45 bits per heavy atom. The lowest BCUT2D eigenvalue weighted by molar-refractivity contribution is -0.116. The van der Waals surface area contributed by atoms with Crippen LogP contribution in [-0.4, -0.2) is 76.0 Å². The van der Waals surface area contributed by atoms with Crippen LogP contribution >= 0.6 is 0 Å². The van der Waals surface area contributed by atoms with E-state index in [2.05, 4.69) is 10.2 Å². The summed E-state index contributed by atoms with van der Waals surface area (Å²) < 4.78 is 68.3. The molecule has 1 heterocycles. The van der Waals surface area contributed by atoms with Gasteiger partial charge >= 0.3 is 0 Å². The van der Waals surface area contributed by atoms with Gasteiger partial charge in [-0.25, -0.2) is 21.2 Å². The summed E-state index contributed by atoms with van der Waals surface area (Å²) in [5, 5.41) is 2.63. The van der Waals surface area contributed by atoms with Crippen LogP contribution in [0.25, 0.3) is 0 Å². The Morgan fingerprint density at radius 1 is 0.842 bits per heavy atom. The summed E-state index contributed by atoms with van der Waals surface area (Å²) in [7, 11) is -5.77. The number of hydrogen-bond donors (Lipinski definition) is 1. The molecule has 1 aliphatic heterocycles. The molecule has 3 aromatic rings. The van der Waals surface area contributed by atoms with Gasteiger partial charge in [0.25, 0.3) is 0 Å². The van der Waals surface area contributed by atoms with Crippen molar-refractivity contribution >= 4 is 31.6 Å². The van der Waals surface area contributed by atoms with E-state index in [1.54, 1.807) is 18.2 Å². The van der Waals surface area contributed by atoms with Crippen LogP contribution in [0.15, 0.2) is 88.7 Å². The quantitative estimate of drug-likeness (QED) is 0.431. The number of sulfonamides is 2. The van der Waals surface area contributed by atoms with Crippen molar-refractivity contribution in [1.82, 2.24) is 13.5 Å². The van der Waals surface area contributed by atoms with Crippen molar-refractivity contribution in [3.05, 3.63) is 90.2 Å². The second kappa shape index (κ2) is 11.7. The number of rotatable bonds is 9. The molecule has 0 atom stereocenters. The molecule has 1 amide bonds. The van der Waals surface area contributed by atoms with Crippen molar-refractivity contribution in [2.75, 3.05) is 45.1 Å². The number of amides is 1. The molecule has 0 spiro atoms. The molecule has 0 aliphatic carbocycles. The molecule has 1 aliphatic rings. The predicted octanol–water partition coefficient (Wildman–Crippen LogP) is 2.59. The van der Waals surface area contributed by atoms with Gasteiger partial charge in [-0.1, -0.05) is 30.3 Å². The first-order chi connectivity index (χ1) is 18.1. The van der Waals surface area contributed by atoms with Crippen molar-refractivity contribution in [1.29, 1.82) is 0 Å². The number of nitrogens with zero attached hydrogens (tertiary/aromatic N) is 3. The number of carbonyl (C=O) groups excluding carboxylic acids is 1. The number of hydrogen-bond acceptors (Lipinski definition) is 6. The molecule has 9 nitrogen and oxygen atoms in total. The second-order valence-corrected chi connectivity index (χ2v) is 12.9. The fourth-order valence-corrected chi connectivity index (χ4v) is 6.84. The average molecular weight is 561 g/mol. The lowest BCUT2D eigenvalue weighted by atomic mass is 10.2. The molecular weight excluding hydrogens is 531 g/mol. The number of piperazine rings is 1. The van der Waals surface area contributed by atoms with Gasteiger partial charge in [0, 0.05) is 38.4 Å². The highest BCUT2D eigenvalue weighted by Gasteiger charge is 2.28. The van der Waals surface area contributed by atoms with Crippen molar-refractivity contribution in [3.63, 3.8) is 0 Å². The molecule has 38 heavy (non-hydrogen) atoms. The summed E-state index contributed by atoms with van der Waals surface area (Å²) in [5.74, 6) is -1.07. The zero-order valence-corrected chi connectivity index (χ0v) is 22.5. The molecular formula is C26H29FN4O5S2. The highest BCUT2D eigenvalue weighted by atomic mass is 32.2. The Labute approximate surface area is 222 Å². The number of likely N-dealkylation sites (N-methyl/N-ethyl adjacent to an activating group) is 1. The summed E-state index contributed by atoms with van der Waals surface area (Å²) in [6.07, 6.45) is 0. The van der Waals surface area contributed by atoms with Gasteiger partial charge in [-0.05, 0) is 61.1 Å². The van der Waals surface area contributed by atoms with E-state index in [9.17, 15) is 26.0 Å². The first-order valence-electron chi connectivity index (χ1n) is 11.9. The van der Waals surface area contributed by atoms with Crippen LogP contribution in [0.3, 0.4) is 0 Å². The van der Waals surface area contributed by atoms with Gasteiger partial charge in [0.2, 0.25) is 26.0 Å². The minimum Gasteiger partial charge on any atom is -0.325 e. The normalized spacial score (nSPS) is 15.4. The Balaban J connectivity index is 1.48. The minimum absolute atomic E-state index is 0.0216. The summed E-state index contributed by atoms with van der Waals surface area (Å²) in [4.78, 5) is 15.1. The first kappa shape index (κ1) is 27.9. The molecule has 0 unspecified atom stereocenters. The lowest BCUT2D eigenvalue weighted by Crippen LogP contribution is -2.46. The van der Waals surface area contributed by atoms with Crippen LogP contribution in [0.4, 0.5) is 10.1 Å². The van der Waals surface area contributed by atoms with E-state index in [-0.39, 0.29) is 16.3 Å². The highest BCUT2D eigenvalue weighted by Crippen LogP contribution is 2.21. The van der Waals surface area contributed by atoms with E-state index in [1.807, 2.05) is 7.05 Å². The maximum atomic E-state index is 13.4. The second-order valence-electron chi connectivity index (χ2n) is 8.99. The third kappa shape index (κ3) is 6.63. The van der Waals surface area contributed by atoms with Gasteiger partial charge < -0.3 is 10.2 Å². The maximum Gasteiger partial charge on any atom is 0.243 e. The van der Waals surface area contributed by atoms with Crippen molar-refractivity contribution in [2.24, 2.45) is 0 Å². The van der Waals surface area contributed by atoms with E-state index < -0.39 is 38.3 Å². The van der Waals surface area contributed by atoms with Crippen LogP contribution in [0.2, 0.25) is 0 Å². The Morgan fingerprint density at radius 3 is 2.05 bits per heavy atom. The van der Waals surface area contributed by atoms with Crippen molar-refractivity contribution in [3.8, 4) is 0 Å². The van der Waals surface area contributed by atoms with Gasteiger partial charge in [-0.15, -0.1) is 0 Å². The molecule has 1 N–H and O–H groups in total. The fourth-order valence-electron chi connectivity index (χ4n) is 4.01. The van der Waals surface area contributed by atoms with Crippen molar-refractivity contribution in [2.45, 2.75) is 16.3 Å². The van der Waals surface area contributed by atoms with Crippen LogP contribution in [0, 0.1) is 5.82 Å². The standard InChI is InChI=1S/C26H29FN4O5S2/c1-29-15-17-30(18-16-29)37(33,34)25-13-11-23(12-14-25)28-26(32)20-31(19-21-7-9-22(27)10-8-21)38(35,36)24-5-3-2-4-6-24/h2-14H,15-20H2,1H3,(H,28,32). The Hall–Kier alpha value is -3.16. The van der Waals surface area contributed by atoms with E-state index in [0.29, 0.717) is 37.4 Å². The van der Waals surface area contributed by atoms with Gasteiger partial charge in [0.05, 0.1) is 16.3 Å². The predicted molar refractivity (Wildman–Crippen MR) is 142 cm³/mol. The number of benzene rings is 3. The third-order valence-electron chi connectivity index (χ3n) is 6.21. The number of anilines is 1. The van der Waals surface area contributed by atoms with Crippen LogP contribution < -0.4 is 5.32 Å². The van der Waals surface area contributed by atoms with E-state index in [1.165, 1.54) is 65.0 Å². The van der Waals surface area contributed by atoms with E-state index in [0.717, 1.165) is 4.31 Å². The highest BCUT2D eigenvalue weighted by molar-refractivity contribution is 7.89. The largest absolute Gasteiger partial charge is 0.325 e. The molecule has 202 valence electrons. The molecule has 4 rings (SSSR count). The molecule has 0 saturated carbocycles. The van der Waals surface area contributed by atoms with Gasteiger partial charge in [0.1, 0.15) is 5.82 Å². The van der Waals surface area contributed by atoms with Crippen LogP contribution in [0.5, 0.6) is 0 Å². The topological polar surface area (TPSA) is 107 Å². The number of nitrogens with one attached hydrogen (secondary N) is 1. The summed E-state index contributed by atoms with van der Waals surface area (Å²) in [6.45, 7) is 1.44. The Bertz CT molecular complexity index is 1460. The average Bonchev–Trinajstić information content (AvgIpc) is 2.90. The summed E-state index contributed by atoms with van der Waals surface area (Å²) in [5.41, 5.74) is 0.836. The molecule has 0 bridgehead atoms. The molecule has 12 heteroatoms. The van der Waals surface area contributed by atoms with Crippen LogP contribution in [-0.2, 0) is 31.4 Å². The van der Waals surface area contributed by atoms with Gasteiger partial charge in [0.15, 0.2) is 0 Å². The number of halogens is 1. The smallest absolute Gasteiger partial charge is 0.243 e. The third-order valence-corrected chi connectivity index (χ3v) is 9.93. The summed E-state index contributed by atoms with van der Waals surface area (Å²) >= 11 is 0. The minimum atomic E-state index is -4.05. The zero-order valence-electron chi connectivity index (χ0n) is 20.8. The van der Waals surface area contributed by atoms with Gasteiger partial charge in [-0.3, -0.25) is 4.79 Å². The Kier molecular flexibility index (Phi) is 8.58. The fraction of sp³-hybridized carbons (Fsp3) is 0.269.